The molecule has 2 unspecified atom stereocenters. The van der Waals surface area contributed by atoms with Crippen LogP contribution < -0.4 is 11.1 Å². The van der Waals surface area contributed by atoms with E-state index in [4.69, 9.17) is 5.73 Å². The quantitative estimate of drug-likeness (QED) is 0.617. The minimum absolute atomic E-state index is 0.0348. The molecule has 1 fully saturated rings. The van der Waals surface area contributed by atoms with Crippen molar-refractivity contribution < 1.29 is 4.79 Å². The van der Waals surface area contributed by atoms with E-state index in [1.165, 1.54) is 0 Å². The zero-order valence-electron chi connectivity index (χ0n) is 8.58. The van der Waals surface area contributed by atoms with Crippen molar-refractivity contribution in [3.05, 3.63) is 0 Å². The van der Waals surface area contributed by atoms with E-state index in [1.54, 1.807) is 0 Å². The number of carbonyl (C=O) groups is 1. The molecule has 0 aromatic carbocycles. The molecule has 1 amide bonds. The van der Waals surface area contributed by atoms with Crippen LogP contribution in [0.3, 0.4) is 0 Å². The Morgan fingerprint density at radius 1 is 1.54 bits per heavy atom. The number of rotatable bonds is 3. The summed E-state index contributed by atoms with van der Waals surface area (Å²) in [7, 11) is 1.88. The van der Waals surface area contributed by atoms with Gasteiger partial charge in [-0.05, 0) is 20.9 Å². The predicted molar refractivity (Wildman–Crippen MR) is 52.2 cm³/mol. The van der Waals surface area contributed by atoms with Crippen LogP contribution in [0.25, 0.3) is 0 Å². The summed E-state index contributed by atoms with van der Waals surface area (Å²) in [4.78, 5) is 13.4. The van der Waals surface area contributed by atoms with Crippen LogP contribution in [0.5, 0.6) is 0 Å². The third-order valence-corrected chi connectivity index (χ3v) is 2.81. The fraction of sp³-hybridized carbons (Fsp3) is 0.889. The summed E-state index contributed by atoms with van der Waals surface area (Å²) >= 11 is 0. The first kappa shape index (κ1) is 10.5. The number of nitrogens with two attached hydrogens (primary N) is 1. The molecule has 76 valence electrons. The molecule has 0 radical (unpaired) electrons. The van der Waals surface area contributed by atoms with E-state index in [0.29, 0.717) is 6.04 Å². The smallest absolute Gasteiger partial charge is 0.223 e. The molecule has 0 saturated carbocycles. The molecule has 0 spiro atoms. The molecule has 13 heavy (non-hydrogen) atoms. The predicted octanol–water partition coefficient (Wildman–Crippen LogP) is -0.600. The molecule has 1 aliphatic heterocycles. The van der Waals surface area contributed by atoms with E-state index in [1.807, 2.05) is 7.05 Å². The van der Waals surface area contributed by atoms with Gasteiger partial charge in [-0.25, -0.2) is 0 Å². The van der Waals surface area contributed by atoms with Crippen LogP contribution in [0.4, 0.5) is 0 Å². The number of carbonyl (C=O) groups excluding carboxylic acids is 1. The summed E-state index contributed by atoms with van der Waals surface area (Å²) in [6.45, 7) is 5.98. The number of nitrogens with zero attached hydrogens (tertiary/aromatic N) is 1. The average Bonchev–Trinajstić information content (AvgIpc) is 2.47. The largest absolute Gasteiger partial charge is 0.369 e. The Balaban J connectivity index is 2.61. The Labute approximate surface area is 79.5 Å². The second kappa shape index (κ2) is 4.07. The topological polar surface area (TPSA) is 58.4 Å². The zero-order valence-corrected chi connectivity index (χ0v) is 8.58. The second-order valence-electron chi connectivity index (χ2n) is 3.95. The summed E-state index contributed by atoms with van der Waals surface area (Å²) in [5.74, 6) is -0.227. The van der Waals surface area contributed by atoms with Crippen molar-refractivity contribution in [1.82, 2.24) is 10.2 Å². The lowest BCUT2D eigenvalue weighted by Crippen LogP contribution is -2.40. The highest BCUT2D eigenvalue weighted by Gasteiger charge is 2.36. The average molecular weight is 185 g/mol. The Morgan fingerprint density at radius 3 is 2.46 bits per heavy atom. The number of hydrogen-bond acceptors (Lipinski definition) is 3. The first-order valence-electron chi connectivity index (χ1n) is 4.77. The van der Waals surface area contributed by atoms with Gasteiger partial charge in [0.05, 0.1) is 5.92 Å². The van der Waals surface area contributed by atoms with Crippen molar-refractivity contribution in [2.45, 2.75) is 25.9 Å². The molecular weight excluding hydrogens is 166 g/mol. The summed E-state index contributed by atoms with van der Waals surface area (Å²) in [6.07, 6.45) is 0. The standard InChI is InChI=1S/C9H19N3O/c1-6(2)12-4-7(9(10)13)8(5-12)11-3/h6-8,11H,4-5H2,1-3H3,(H2,10,13). The molecular formula is C9H19N3O. The number of primary amides is 1. The van der Waals surface area contributed by atoms with Gasteiger partial charge in [0.15, 0.2) is 0 Å². The maximum absolute atomic E-state index is 11.1. The van der Waals surface area contributed by atoms with Gasteiger partial charge in [-0.1, -0.05) is 0 Å². The van der Waals surface area contributed by atoms with Crippen molar-refractivity contribution in [1.29, 1.82) is 0 Å². The molecule has 0 aromatic rings. The molecule has 0 aromatic heterocycles. The third-order valence-electron chi connectivity index (χ3n) is 2.81. The van der Waals surface area contributed by atoms with Gasteiger partial charge in [-0.15, -0.1) is 0 Å². The molecule has 4 heteroatoms. The normalized spacial score (nSPS) is 29.8. The lowest BCUT2D eigenvalue weighted by molar-refractivity contribution is -0.121. The van der Waals surface area contributed by atoms with Gasteiger partial charge in [-0.3, -0.25) is 9.69 Å². The van der Waals surface area contributed by atoms with Crippen LogP contribution in [-0.2, 0) is 4.79 Å². The monoisotopic (exact) mass is 185 g/mol. The number of hydrogen-bond donors (Lipinski definition) is 2. The number of likely N-dealkylation sites (N-methyl/N-ethyl adjacent to an activating group) is 1. The van der Waals surface area contributed by atoms with Gasteiger partial charge < -0.3 is 11.1 Å². The molecule has 4 nitrogen and oxygen atoms in total. The SMILES string of the molecule is CNC1CN(C(C)C)CC1C(N)=O. The molecule has 1 aliphatic rings. The van der Waals surface area contributed by atoms with Crippen molar-refractivity contribution in [2.24, 2.45) is 11.7 Å². The molecule has 0 aliphatic carbocycles. The van der Waals surface area contributed by atoms with Gasteiger partial charge >= 0.3 is 0 Å². The summed E-state index contributed by atoms with van der Waals surface area (Å²) < 4.78 is 0. The maximum Gasteiger partial charge on any atom is 0.223 e. The highest BCUT2D eigenvalue weighted by molar-refractivity contribution is 5.78. The first-order chi connectivity index (χ1) is 6.06. The first-order valence-corrected chi connectivity index (χ1v) is 4.77. The number of nitrogens with one attached hydrogen (secondary N) is 1. The van der Waals surface area contributed by atoms with Gasteiger partial charge in [0.1, 0.15) is 0 Å². The van der Waals surface area contributed by atoms with E-state index in [9.17, 15) is 4.79 Å². The molecule has 1 rings (SSSR count). The van der Waals surface area contributed by atoms with Crippen molar-refractivity contribution >= 4 is 5.91 Å². The van der Waals surface area contributed by atoms with Crippen LogP contribution in [0.2, 0.25) is 0 Å². The Morgan fingerprint density at radius 2 is 2.15 bits per heavy atom. The minimum atomic E-state index is -0.192. The lowest BCUT2D eigenvalue weighted by atomic mass is 10.0. The van der Waals surface area contributed by atoms with Crippen LogP contribution in [-0.4, -0.2) is 43.0 Å². The van der Waals surface area contributed by atoms with Gasteiger partial charge in [0, 0.05) is 25.2 Å². The Kier molecular flexibility index (Phi) is 3.27. The second-order valence-corrected chi connectivity index (χ2v) is 3.95. The van der Waals surface area contributed by atoms with Gasteiger partial charge in [-0.2, -0.15) is 0 Å². The fourth-order valence-corrected chi connectivity index (χ4v) is 1.84. The summed E-state index contributed by atoms with van der Waals surface area (Å²) in [5, 5.41) is 3.14. The third kappa shape index (κ3) is 2.19. The van der Waals surface area contributed by atoms with Crippen molar-refractivity contribution in [2.75, 3.05) is 20.1 Å². The molecule has 0 bridgehead atoms. The Hall–Kier alpha value is -0.610. The molecule has 1 heterocycles. The van der Waals surface area contributed by atoms with Crippen LogP contribution in [0.15, 0.2) is 0 Å². The molecule has 1 saturated heterocycles. The lowest BCUT2D eigenvalue weighted by Gasteiger charge is -2.19. The Bertz CT molecular complexity index is 193. The zero-order chi connectivity index (χ0) is 10.0. The summed E-state index contributed by atoms with van der Waals surface area (Å²) in [5.41, 5.74) is 5.32. The highest BCUT2D eigenvalue weighted by atomic mass is 16.1. The van der Waals surface area contributed by atoms with Crippen molar-refractivity contribution in [3.63, 3.8) is 0 Å². The van der Waals surface area contributed by atoms with E-state index in [-0.39, 0.29) is 17.9 Å². The molecule has 3 N–H and O–H groups in total. The molecule has 2 atom stereocenters. The van der Waals surface area contributed by atoms with E-state index in [2.05, 4.69) is 24.1 Å². The minimum Gasteiger partial charge on any atom is -0.369 e. The maximum atomic E-state index is 11.1. The highest BCUT2D eigenvalue weighted by Crippen LogP contribution is 2.18. The number of likely N-dealkylation sites (tertiary alicyclic amines) is 1. The van der Waals surface area contributed by atoms with Gasteiger partial charge in [0.25, 0.3) is 0 Å². The van der Waals surface area contributed by atoms with Crippen LogP contribution in [0, 0.1) is 5.92 Å². The fourth-order valence-electron chi connectivity index (χ4n) is 1.84. The summed E-state index contributed by atoms with van der Waals surface area (Å²) in [6, 6.07) is 0.708. The number of amides is 1. The van der Waals surface area contributed by atoms with Crippen molar-refractivity contribution in [3.8, 4) is 0 Å². The van der Waals surface area contributed by atoms with E-state index in [0.717, 1.165) is 13.1 Å². The van der Waals surface area contributed by atoms with Gasteiger partial charge in [0.2, 0.25) is 5.91 Å². The van der Waals surface area contributed by atoms with Crippen LogP contribution >= 0.6 is 0 Å². The van der Waals surface area contributed by atoms with E-state index < -0.39 is 0 Å². The van der Waals surface area contributed by atoms with E-state index >= 15 is 0 Å². The van der Waals surface area contributed by atoms with Crippen LogP contribution in [0.1, 0.15) is 13.8 Å².